The molecule has 2 fully saturated rings. The van der Waals surface area contributed by atoms with Gasteiger partial charge in [-0.3, -0.25) is 14.4 Å². The molecule has 2 aliphatic rings. The molecule has 3 rings (SSSR count). The molecule has 1 aromatic heterocycles. The van der Waals surface area contributed by atoms with Crippen LogP contribution in [0.5, 0.6) is 0 Å². The summed E-state index contributed by atoms with van der Waals surface area (Å²) in [5.41, 5.74) is 1.53. The Hall–Kier alpha value is -1.44. The first kappa shape index (κ1) is 16.4. The van der Waals surface area contributed by atoms with Gasteiger partial charge in [-0.2, -0.15) is 5.10 Å². The molecule has 3 heterocycles. The van der Waals surface area contributed by atoms with Crippen molar-refractivity contribution in [3.05, 3.63) is 17.5 Å². The van der Waals surface area contributed by atoms with Gasteiger partial charge in [-0.15, -0.1) is 0 Å². The molecule has 2 aliphatic heterocycles. The van der Waals surface area contributed by atoms with Crippen LogP contribution < -0.4 is 5.32 Å². The van der Waals surface area contributed by atoms with Gasteiger partial charge in [0.05, 0.1) is 31.6 Å². The summed E-state index contributed by atoms with van der Waals surface area (Å²) in [7, 11) is 1.85. The summed E-state index contributed by atoms with van der Waals surface area (Å²) in [6, 6.07) is 0.308. The first-order chi connectivity index (χ1) is 11.2. The highest BCUT2D eigenvalue weighted by molar-refractivity contribution is 5.95. The van der Waals surface area contributed by atoms with Crippen LogP contribution in [0.4, 0.5) is 0 Å². The summed E-state index contributed by atoms with van der Waals surface area (Å²) >= 11 is 0. The van der Waals surface area contributed by atoms with Gasteiger partial charge in [0.15, 0.2) is 0 Å². The number of hydrogen-bond acceptors (Lipinski definition) is 5. The van der Waals surface area contributed by atoms with Crippen LogP contribution in [0.1, 0.15) is 22.5 Å². The van der Waals surface area contributed by atoms with E-state index in [9.17, 15) is 4.79 Å². The predicted octanol–water partition coefficient (Wildman–Crippen LogP) is 0.196. The molecule has 7 heteroatoms. The smallest absolute Gasteiger partial charge is 0.254 e. The fraction of sp³-hybridized carbons (Fsp3) is 0.750. The first-order valence-corrected chi connectivity index (χ1v) is 8.33. The minimum atomic E-state index is -0.0484. The van der Waals surface area contributed by atoms with Gasteiger partial charge in [0, 0.05) is 50.9 Å². The molecule has 7 nitrogen and oxygen atoms in total. The monoisotopic (exact) mass is 322 g/mol. The van der Waals surface area contributed by atoms with Crippen LogP contribution in [0.3, 0.4) is 0 Å². The van der Waals surface area contributed by atoms with E-state index < -0.39 is 0 Å². The van der Waals surface area contributed by atoms with Crippen LogP contribution in [0.2, 0.25) is 0 Å². The second-order valence-electron chi connectivity index (χ2n) is 6.32. The average molecular weight is 322 g/mol. The van der Waals surface area contributed by atoms with Crippen LogP contribution in [-0.4, -0.2) is 72.7 Å². The van der Waals surface area contributed by atoms with E-state index in [-0.39, 0.29) is 5.91 Å². The van der Waals surface area contributed by atoms with Crippen molar-refractivity contribution in [3.63, 3.8) is 0 Å². The minimum absolute atomic E-state index is 0.0484. The molecule has 1 aromatic rings. The maximum Gasteiger partial charge on any atom is 0.254 e. The molecule has 23 heavy (non-hydrogen) atoms. The van der Waals surface area contributed by atoms with E-state index in [0.717, 1.165) is 51.6 Å². The third-order valence-electron chi connectivity index (χ3n) is 4.98. The molecule has 0 aliphatic carbocycles. The quantitative estimate of drug-likeness (QED) is 0.838. The van der Waals surface area contributed by atoms with Crippen LogP contribution in [0.15, 0.2) is 6.20 Å². The summed E-state index contributed by atoms with van der Waals surface area (Å²) in [6.07, 6.45) is 2.69. The van der Waals surface area contributed by atoms with Gasteiger partial charge in [-0.1, -0.05) is 0 Å². The average Bonchev–Trinajstić information content (AvgIpc) is 3.20. The van der Waals surface area contributed by atoms with Crippen molar-refractivity contribution in [2.45, 2.75) is 19.4 Å². The van der Waals surface area contributed by atoms with Gasteiger partial charge in [0.25, 0.3) is 5.91 Å². The molecular formula is C16H26N4O3. The number of rotatable bonds is 5. The van der Waals surface area contributed by atoms with E-state index in [2.05, 4.69) is 15.3 Å². The van der Waals surface area contributed by atoms with Gasteiger partial charge >= 0.3 is 0 Å². The lowest BCUT2D eigenvalue weighted by atomic mass is 9.96. The van der Waals surface area contributed by atoms with Crippen molar-refractivity contribution >= 4 is 5.91 Å². The lowest BCUT2D eigenvalue weighted by molar-refractivity contribution is 0.00166. The SMILES string of the molecule is Cc1c(C(=O)NC[C@H]([C@H]2CCOC2)N2CCOCC2)cnn1C. The second kappa shape index (κ2) is 7.42. The Labute approximate surface area is 136 Å². The zero-order valence-corrected chi connectivity index (χ0v) is 14.0. The molecule has 0 unspecified atom stereocenters. The fourth-order valence-corrected chi connectivity index (χ4v) is 3.37. The summed E-state index contributed by atoms with van der Waals surface area (Å²) in [6.45, 7) is 7.52. The third-order valence-corrected chi connectivity index (χ3v) is 4.98. The largest absolute Gasteiger partial charge is 0.381 e. The summed E-state index contributed by atoms with van der Waals surface area (Å²) in [4.78, 5) is 14.9. The molecule has 1 N–H and O–H groups in total. The van der Waals surface area contributed by atoms with E-state index >= 15 is 0 Å². The van der Waals surface area contributed by atoms with Crippen molar-refractivity contribution in [2.24, 2.45) is 13.0 Å². The van der Waals surface area contributed by atoms with Gasteiger partial charge in [0.1, 0.15) is 0 Å². The van der Waals surface area contributed by atoms with Gasteiger partial charge in [-0.25, -0.2) is 0 Å². The summed E-state index contributed by atoms with van der Waals surface area (Å²) in [5, 5.41) is 7.24. The number of morpholine rings is 1. The van der Waals surface area contributed by atoms with Crippen molar-refractivity contribution in [1.82, 2.24) is 20.0 Å². The molecular weight excluding hydrogens is 296 g/mol. The highest BCUT2D eigenvalue weighted by Crippen LogP contribution is 2.22. The van der Waals surface area contributed by atoms with Gasteiger partial charge in [0.2, 0.25) is 0 Å². The fourth-order valence-electron chi connectivity index (χ4n) is 3.37. The normalized spacial score (nSPS) is 23.8. The number of carbonyl (C=O) groups is 1. The molecule has 0 bridgehead atoms. The third kappa shape index (κ3) is 3.73. The summed E-state index contributed by atoms with van der Waals surface area (Å²) < 4.78 is 12.7. The van der Waals surface area contributed by atoms with Crippen LogP contribution >= 0.6 is 0 Å². The van der Waals surface area contributed by atoms with Gasteiger partial charge in [-0.05, 0) is 13.3 Å². The Morgan fingerprint density at radius 3 is 2.78 bits per heavy atom. The number of hydrogen-bond donors (Lipinski definition) is 1. The molecule has 0 spiro atoms. The minimum Gasteiger partial charge on any atom is -0.381 e. The maximum atomic E-state index is 12.4. The number of nitrogens with zero attached hydrogens (tertiary/aromatic N) is 3. The van der Waals surface area contributed by atoms with Crippen molar-refractivity contribution in [2.75, 3.05) is 46.1 Å². The highest BCUT2D eigenvalue weighted by Gasteiger charge is 2.32. The predicted molar refractivity (Wildman–Crippen MR) is 85.4 cm³/mol. The number of aromatic nitrogens is 2. The van der Waals surface area contributed by atoms with E-state index in [1.807, 2.05) is 14.0 Å². The molecule has 0 saturated carbocycles. The van der Waals surface area contributed by atoms with Gasteiger partial charge < -0.3 is 14.8 Å². The Bertz CT molecular complexity index is 533. The highest BCUT2D eigenvalue weighted by atomic mass is 16.5. The first-order valence-electron chi connectivity index (χ1n) is 8.33. The maximum absolute atomic E-state index is 12.4. The number of ether oxygens (including phenoxy) is 2. The molecule has 128 valence electrons. The Morgan fingerprint density at radius 1 is 1.39 bits per heavy atom. The molecule has 0 radical (unpaired) electrons. The number of amides is 1. The van der Waals surface area contributed by atoms with Crippen molar-refractivity contribution in [1.29, 1.82) is 0 Å². The standard InChI is InChI=1S/C16H26N4O3/c1-12-14(9-18-19(12)2)16(21)17-10-15(13-3-6-23-11-13)20-4-7-22-8-5-20/h9,13,15H,3-8,10-11H2,1-2H3,(H,17,21)/t13-,15+/m0/s1. The zero-order valence-electron chi connectivity index (χ0n) is 14.0. The van der Waals surface area contributed by atoms with E-state index in [1.54, 1.807) is 10.9 Å². The van der Waals surface area contributed by atoms with Crippen LogP contribution in [-0.2, 0) is 16.5 Å². The number of carbonyl (C=O) groups excluding carboxylic acids is 1. The molecule has 2 atom stereocenters. The second-order valence-corrected chi connectivity index (χ2v) is 6.32. The van der Waals surface area contributed by atoms with Crippen LogP contribution in [0.25, 0.3) is 0 Å². The number of nitrogens with one attached hydrogen (secondary N) is 1. The van der Waals surface area contributed by atoms with E-state index in [0.29, 0.717) is 24.1 Å². The molecule has 0 aromatic carbocycles. The topological polar surface area (TPSA) is 68.6 Å². The molecule has 1 amide bonds. The molecule has 2 saturated heterocycles. The number of aryl methyl sites for hydroxylation is 1. The van der Waals surface area contributed by atoms with Crippen LogP contribution in [0, 0.1) is 12.8 Å². The van der Waals surface area contributed by atoms with E-state index in [1.165, 1.54) is 0 Å². The van der Waals surface area contributed by atoms with E-state index in [4.69, 9.17) is 9.47 Å². The lowest BCUT2D eigenvalue weighted by Gasteiger charge is -2.37. The Balaban J connectivity index is 1.63. The lowest BCUT2D eigenvalue weighted by Crippen LogP contribution is -2.52. The summed E-state index contributed by atoms with van der Waals surface area (Å²) in [5.74, 6) is 0.427. The van der Waals surface area contributed by atoms with Crippen molar-refractivity contribution in [3.8, 4) is 0 Å². The van der Waals surface area contributed by atoms with Crippen molar-refractivity contribution < 1.29 is 14.3 Å². The Morgan fingerprint density at radius 2 is 2.17 bits per heavy atom. The Kier molecular flexibility index (Phi) is 5.30. The zero-order chi connectivity index (χ0) is 16.2.